The van der Waals surface area contributed by atoms with Gasteiger partial charge in [0.1, 0.15) is 5.82 Å². The summed E-state index contributed by atoms with van der Waals surface area (Å²) in [7, 11) is 0. The van der Waals surface area contributed by atoms with E-state index in [0.717, 1.165) is 13.0 Å². The van der Waals surface area contributed by atoms with Crippen LogP contribution in [0.3, 0.4) is 0 Å². The minimum Gasteiger partial charge on any atom is -0.391 e. The van der Waals surface area contributed by atoms with Crippen molar-refractivity contribution in [1.29, 1.82) is 0 Å². The molecule has 182 valence electrons. The topological polar surface area (TPSA) is 84.3 Å². The third-order valence-electron chi connectivity index (χ3n) is 6.57. The van der Waals surface area contributed by atoms with Crippen LogP contribution in [-0.4, -0.2) is 94.7 Å². The van der Waals surface area contributed by atoms with Crippen molar-refractivity contribution in [2.75, 3.05) is 45.8 Å². The second-order valence-electron chi connectivity index (χ2n) is 9.59. The van der Waals surface area contributed by atoms with Crippen LogP contribution in [0, 0.1) is 11.2 Å². The highest BCUT2D eigenvalue weighted by Gasteiger charge is 2.35. The first-order chi connectivity index (χ1) is 15.5. The van der Waals surface area contributed by atoms with E-state index in [9.17, 15) is 24.2 Å². The van der Waals surface area contributed by atoms with E-state index in [0.29, 0.717) is 38.3 Å². The summed E-state index contributed by atoms with van der Waals surface area (Å²) in [6, 6.07) is 4.21. The Labute approximate surface area is 199 Å². The van der Waals surface area contributed by atoms with E-state index in [-0.39, 0.29) is 35.2 Å². The van der Waals surface area contributed by atoms with Gasteiger partial charge in [-0.05, 0) is 42.2 Å². The molecule has 2 aliphatic rings. The third-order valence-corrected chi connectivity index (χ3v) is 6.86. The summed E-state index contributed by atoms with van der Waals surface area (Å²) in [6.45, 7) is 6.97. The largest absolute Gasteiger partial charge is 0.391 e. The number of nitrogens with zero attached hydrogens (tertiary/aromatic N) is 3. The molecule has 1 aromatic rings. The summed E-state index contributed by atoms with van der Waals surface area (Å²) in [5, 5.41) is 20.8. The van der Waals surface area contributed by atoms with Crippen molar-refractivity contribution >= 4 is 29.5 Å². The normalized spacial score (nSPS) is 23.1. The number of rotatable bonds is 6. The number of aliphatic hydroxyl groups is 2. The van der Waals surface area contributed by atoms with Crippen molar-refractivity contribution < 1.29 is 24.2 Å². The predicted octanol–water partition coefficient (Wildman–Crippen LogP) is 2.01. The lowest BCUT2D eigenvalue weighted by Gasteiger charge is -2.42. The van der Waals surface area contributed by atoms with Crippen LogP contribution >= 0.6 is 11.6 Å². The van der Waals surface area contributed by atoms with Crippen molar-refractivity contribution in [1.82, 2.24) is 14.7 Å². The Hall–Kier alpha value is -2.00. The fourth-order valence-corrected chi connectivity index (χ4v) is 4.33. The molecule has 2 aliphatic heterocycles. The molecular weight excluding hydrogens is 449 g/mol. The number of hydrogen-bond donors (Lipinski definition) is 2. The van der Waals surface area contributed by atoms with Gasteiger partial charge in [-0.25, -0.2) is 4.39 Å². The lowest BCUT2D eigenvalue weighted by molar-refractivity contribution is -0.132. The van der Waals surface area contributed by atoms with Crippen LogP contribution in [0.25, 0.3) is 6.08 Å². The van der Waals surface area contributed by atoms with Crippen molar-refractivity contribution in [2.45, 2.75) is 38.9 Å². The average Bonchev–Trinajstić information content (AvgIpc) is 2.93. The smallest absolute Gasteiger partial charge is 0.246 e. The van der Waals surface area contributed by atoms with Crippen LogP contribution < -0.4 is 0 Å². The van der Waals surface area contributed by atoms with Gasteiger partial charge >= 0.3 is 0 Å². The number of likely N-dealkylation sites (tertiary alicyclic amines) is 1. The maximum absolute atomic E-state index is 13.3. The molecule has 0 aromatic heterocycles. The maximum Gasteiger partial charge on any atom is 0.246 e. The van der Waals surface area contributed by atoms with Crippen molar-refractivity contribution in [3.05, 3.63) is 40.7 Å². The minimum atomic E-state index is -0.729. The van der Waals surface area contributed by atoms with E-state index < -0.39 is 18.0 Å². The van der Waals surface area contributed by atoms with Crippen molar-refractivity contribution in [3.63, 3.8) is 0 Å². The molecule has 2 amide bonds. The Morgan fingerprint density at radius 1 is 1.27 bits per heavy atom. The molecule has 3 rings (SSSR count). The number of benzene rings is 1. The summed E-state index contributed by atoms with van der Waals surface area (Å²) in [5.41, 5.74) is 0.479. The van der Waals surface area contributed by atoms with Crippen LogP contribution in [0.4, 0.5) is 4.39 Å². The van der Waals surface area contributed by atoms with Gasteiger partial charge in [0.25, 0.3) is 0 Å². The quantitative estimate of drug-likeness (QED) is 0.607. The van der Waals surface area contributed by atoms with Crippen LogP contribution in [0.15, 0.2) is 24.3 Å². The monoisotopic (exact) mass is 481 g/mol. The van der Waals surface area contributed by atoms with E-state index in [1.807, 2.05) is 18.7 Å². The SMILES string of the molecule is CC1(C)CCN(CC(O)CN2CCN(C(=O)/C=C/c3ccc(F)c(Cl)c3)CCC2=O)C[C@H]1O. The lowest BCUT2D eigenvalue weighted by atomic mass is 9.80. The number of carbonyl (C=O) groups is 2. The Bertz CT molecular complexity index is 894. The highest BCUT2D eigenvalue weighted by Crippen LogP contribution is 2.30. The van der Waals surface area contributed by atoms with Crippen LogP contribution in [0.5, 0.6) is 0 Å². The Balaban J connectivity index is 1.50. The van der Waals surface area contributed by atoms with Gasteiger partial charge in [-0.3, -0.25) is 14.5 Å². The molecule has 0 bridgehead atoms. The van der Waals surface area contributed by atoms with Gasteiger partial charge in [0.15, 0.2) is 0 Å². The zero-order valence-corrected chi connectivity index (χ0v) is 20.0. The number of halogens is 2. The molecule has 1 aromatic carbocycles. The molecule has 9 heteroatoms. The molecular formula is C24H33ClFN3O4. The van der Waals surface area contributed by atoms with Crippen molar-refractivity contribution in [2.24, 2.45) is 5.41 Å². The second-order valence-corrected chi connectivity index (χ2v) is 10.00. The van der Waals surface area contributed by atoms with Gasteiger partial charge in [-0.1, -0.05) is 31.5 Å². The van der Waals surface area contributed by atoms with Gasteiger partial charge in [-0.2, -0.15) is 0 Å². The zero-order valence-electron chi connectivity index (χ0n) is 19.2. The summed E-state index contributed by atoms with van der Waals surface area (Å²) in [6.07, 6.45) is 2.81. The molecule has 2 atom stereocenters. The summed E-state index contributed by atoms with van der Waals surface area (Å²) in [4.78, 5) is 30.4. The van der Waals surface area contributed by atoms with Crippen LogP contribution in [-0.2, 0) is 9.59 Å². The van der Waals surface area contributed by atoms with Crippen LogP contribution in [0.2, 0.25) is 5.02 Å². The molecule has 2 N–H and O–H groups in total. The summed E-state index contributed by atoms with van der Waals surface area (Å²) >= 11 is 5.77. The molecule has 0 saturated carbocycles. The minimum absolute atomic E-state index is 0.0121. The standard InChI is InChI=1S/C24H33ClFN3O4/c1-24(2)8-10-27(16-21(24)31)14-18(30)15-29-12-11-28(9-7-23(29)33)22(32)6-4-17-3-5-20(26)19(25)13-17/h3-6,13,18,21,30-31H,7-12,14-16H2,1-2H3/b6-4+/t18?,21-/m1/s1. The lowest BCUT2D eigenvalue weighted by Crippen LogP contribution is -2.51. The van der Waals surface area contributed by atoms with E-state index in [4.69, 9.17) is 11.6 Å². The predicted molar refractivity (Wildman–Crippen MR) is 125 cm³/mol. The summed E-state index contributed by atoms with van der Waals surface area (Å²) in [5.74, 6) is -0.859. The molecule has 2 fully saturated rings. The van der Waals surface area contributed by atoms with E-state index in [1.54, 1.807) is 15.9 Å². The molecule has 2 saturated heterocycles. The Kier molecular flexibility index (Phi) is 8.50. The number of amides is 2. The fraction of sp³-hybridized carbons (Fsp3) is 0.583. The van der Waals surface area contributed by atoms with E-state index in [2.05, 4.69) is 0 Å². The summed E-state index contributed by atoms with van der Waals surface area (Å²) < 4.78 is 13.3. The molecule has 0 spiro atoms. The highest BCUT2D eigenvalue weighted by atomic mass is 35.5. The van der Waals surface area contributed by atoms with Crippen molar-refractivity contribution in [3.8, 4) is 0 Å². The van der Waals surface area contributed by atoms with Gasteiger partial charge in [0.2, 0.25) is 11.8 Å². The molecule has 1 unspecified atom stereocenters. The number of β-amino-alcohol motifs (C(OH)–C–C–N with tert-alkyl or cyclic N) is 2. The van der Waals surface area contributed by atoms with Crippen LogP contribution in [0.1, 0.15) is 32.3 Å². The Morgan fingerprint density at radius 3 is 2.73 bits per heavy atom. The maximum atomic E-state index is 13.3. The highest BCUT2D eigenvalue weighted by molar-refractivity contribution is 6.30. The number of hydrogen-bond acceptors (Lipinski definition) is 5. The molecule has 2 heterocycles. The molecule has 7 nitrogen and oxygen atoms in total. The fourth-order valence-electron chi connectivity index (χ4n) is 4.14. The third kappa shape index (κ3) is 6.99. The first-order valence-electron chi connectivity index (χ1n) is 11.3. The van der Waals surface area contributed by atoms with Gasteiger partial charge in [-0.15, -0.1) is 0 Å². The first-order valence-corrected chi connectivity index (χ1v) is 11.7. The van der Waals surface area contributed by atoms with E-state index >= 15 is 0 Å². The number of aliphatic hydroxyl groups excluding tert-OH is 2. The van der Waals surface area contributed by atoms with Gasteiger partial charge < -0.3 is 20.0 Å². The number of piperidine rings is 1. The second kappa shape index (κ2) is 11.0. The molecule has 0 aliphatic carbocycles. The molecule has 0 radical (unpaired) electrons. The zero-order chi connectivity index (χ0) is 24.2. The van der Waals surface area contributed by atoms with E-state index in [1.165, 1.54) is 24.3 Å². The van der Waals surface area contributed by atoms with Gasteiger partial charge in [0, 0.05) is 51.8 Å². The molecule has 33 heavy (non-hydrogen) atoms. The first kappa shape index (κ1) is 25.6. The Morgan fingerprint density at radius 2 is 2.03 bits per heavy atom. The average molecular weight is 482 g/mol. The van der Waals surface area contributed by atoms with Gasteiger partial charge in [0.05, 0.1) is 17.2 Å². The number of carbonyl (C=O) groups excluding carboxylic acids is 2.